The molecule has 2 radical (unpaired) electrons. The molecule has 0 aliphatic carbocycles. The largest absolute Gasteiger partial charge is 0.461 e. The summed E-state index contributed by atoms with van der Waals surface area (Å²) in [6.07, 6.45) is 2.67. The Morgan fingerprint density at radius 2 is 2.07 bits per heavy atom. The fraction of sp³-hybridized carbons (Fsp3) is 0.792. The first kappa shape index (κ1) is 33.4. The molecule has 19 heteroatoms. The molecule has 3 fully saturated rings. The maximum Gasteiger partial charge on any atom is 0.327 e. The van der Waals surface area contributed by atoms with Crippen LogP contribution in [0, 0.1) is 0 Å². The number of carbonyl (C=O) groups is 2. The van der Waals surface area contributed by atoms with Crippen LogP contribution in [-0.2, 0) is 23.4 Å². The van der Waals surface area contributed by atoms with E-state index in [-0.39, 0.29) is 49.2 Å². The van der Waals surface area contributed by atoms with Crippen molar-refractivity contribution in [3.8, 4) is 6.01 Å². The van der Waals surface area contributed by atoms with Crippen molar-refractivity contribution in [2.75, 3.05) is 75.1 Å². The molecule has 1 aromatic rings. The summed E-state index contributed by atoms with van der Waals surface area (Å²) in [4.78, 5) is 39.0. The highest BCUT2D eigenvalue weighted by Crippen LogP contribution is 2.33. The number of nitrogens with one attached hydrogen (secondary N) is 4. The van der Waals surface area contributed by atoms with Crippen molar-refractivity contribution < 1.29 is 32.9 Å². The summed E-state index contributed by atoms with van der Waals surface area (Å²) >= 11 is 1.88. The lowest BCUT2D eigenvalue weighted by Crippen LogP contribution is -2.50. The molecule has 4 rings (SSSR count). The van der Waals surface area contributed by atoms with Crippen molar-refractivity contribution in [1.82, 2.24) is 30.9 Å². The van der Waals surface area contributed by atoms with Crippen molar-refractivity contribution in [3.05, 3.63) is 0 Å². The number of thioether (sulfide) groups is 1. The Morgan fingerprint density at radius 3 is 2.91 bits per heavy atom. The van der Waals surface area contributed by atoms with E-state index in [1.807, 2.05) is 16.7 Å². The second-order valence-corrected chi connectivity index (χ2v) is 11.9. The van der Waals surface area contributed by atoms with Crippen LogP contribution in [0.1, 0.15) is 25.7 Å². The Hall–Kier alpha value is -2.50. The van der Waals surface area contributed by atoms with Crippen LogP contribution < -0.4 is 36.6 Å². The summed E-state index contributed by atoms with van der Waals surface area (Å²) < 4.78 is 32.3. The van der Waals surface area contributed by atoms with Crippen LogP contribution >= 0.6 is 20.4 Å². The summed E-state index contributed by atoms with van der Waals surface area (Å²) in [5.41, 5.74) is 5.45. The first-order valence-corrected chi connectivity index (χ1v) is 16.2. The van der Waals surface area contributed by atoms with Gasteiger partial charge in [0.25, 0.3) is 0 Å². The van der Waals surface area contributed by atoms with Gasteiger partial charge in [-0.2, -0.15) is 26.7 Å². The van der Waals surface area contributed by atoms with Crippen LogP contribution in [0.5, 0.6) is 6.01 Å². The van der Waals surface area contributed by atoms with Crippen molar-refractivity contribution in [1.29, 1.82) is 0 Å². The lowest BCUT2D eigenvalue weighted by Gasteiger charge is -2.36. The van der Waals surface area contributed by atoms with Crippen LogP contribution in [0.4, 0.5) is 16.7 Å². The van der Waals surface area contributed by atoms with Crippen molar-refractivity contribution >= 4 is 52.1 Å². The number of carbonyl (C=O) groups excluding carboxylic acids is 2. The molecule has 5 unspecified atom stereocenters. The summed E-state index contributed by atoms with van der Waals surface area (Å²) in [7, 11) is 5.61. The normalized spacial score (nSPS) is 24.8. The third-order valence-electron chi connectivity index (χ3n) is 6.92. The molecule has 3 aliphatic heterocycles. The summed E-state index contributed by atoms with van der Waals surface area (Å²) in [6, 6.07) is -0.220. The van der Waals surface area contributed by atoms with E-state index in [1.54, 1.807) is 0 Å². The minimum absolute atomic E-state index is 0.0274. The number of anilines is 2. The van der Waals surface area contributed by atoms with Gasteiger partial charge in [0.2, 0.25) is 17.8 Å². The number of fused-ring (bicyclic) bond motifs is 1. The summed E-state index contributed by atoms with van der Waals surface area (Å²) in [6.45, 7) is 2.87. The lowest BCUT2D eigenvalue weighted by atomic mass is 9.97. The van der Waals surface area contributed by atoms with Gasteiger partial charge in [-0.05, 0) is 12.8 Å². The number of urea groups is 1. The molecular formula is C24H39BN9O7PS. The van der Waals surface area contributed by atoms with E-state index in [0.29, 0.717) is 63.6 Å². The molecule has 3 aliphatic rings. The zero-order valence-corrected chi connectivity index (χ0v) is 25.7. The average Bonchev–Trinajstić information content (AvgIpc) is 3.55. The molecule has 0 spiro atoms. The van der Waals surface area contributed by atoms with Gasteiger partial charge >= 0.3 is 20.7 Å². The molecular weight excluding hydrogens is 600 g/mol. The van der Waals surface area contributed by atoms with E-state index in [0.717, 1.165) is 25.0 Å². The number of rotatable bonds is 19. The number of nitrogens with zero attached hydrogens (tertiary/aromatic N) is 4. The van der Waals surface area contributed by atoms with Gasteiger partial charge in [-0.3, -0.25) is 9.32 Å². The van der Waals surface area contributed by atoms with Crippen LogP contribution in [0.25, 0.3) is 0 Å². The smallest absolute Gasteiger partial charge is 0.327 e. The molecule has 236 valence electrons. The quantitative estimate of drug-likeness (QED) is 0.0556. The number of morpholine rings is 1. The fourth-order valence-electron chi connectivity index (χ4n) is 4.99. The van der Waals surface area contributed by atoms with Crippen molar-refractivity contribution in [2.24, 2.45) is 5.73 Å². The molecule has 3 amide bonds. The Balaban J connectivity index is 1.22. The lowest BCUT2D eigenvalue weighted by molar-refractivity contribution is -0.121. The SMILES string of the molecule is [B]C1CN(c2nc(NCCNC(=O)CCCCC3SCC4NC(=O)NC43)nc(OCCOCCN)n2)CC(COP=O)O1. The predicted octanol–water partition coefficient (Wildman–Crippen LogP) is -0.597. The third kappa shape index (κ3) is 10.9. The molecule has 43 heavy (non-hydrogen) atoms. The molecule has 1 aromatic heterocycles. The van der Waals surface area contributed by atoms with Crippen molar-refractivity contribution in [3.63, 3.8) is 0 Å². The van der Waals surface area contributed by atoms with Gasteiger partial charge in [0.1, 0.15) is 14.5 Å². The van der Waals surface area contributed by atoms with Gasteiger partial charge in [0, 0.05) is 56.2 Å². The minimum atomic E-state index is -0.627. The zero-order valence-electron chi connectivity index (χ0n) is 23.9. The summed E-state index contributed by atoms with van der Waals surface area (Å²) in [5.74, 6) is 1.49. The zero-order chi connectivity index (χ0) is 30.4. The topological polar surface area (TPSA) is 204 Å². The maximum absolute atomic E-state index is 12.4. The number of hydrogen-bond donors (Lipinski definition) is 5. The van der Waals surface area contributed by atoms with Gasteiger partial charge in [0.15, 0.2) is 0 Å². The van der Waals surface area contributed by atoms with Crippen LogP contribution in [0.2, 0.25) is 0 Å². The number of ether oxygens (including phenoxy) is 3. The van der Waals surface area contributed by atoms with Gasteiger partial charge in [-0.15, -0.1) is 0 Å². The first-order chi connectivity index (χ1) is 20.9. The van der Waals surface area contributed by atoms with Gasteiger partial charge in [0.05, 0.1) is 38.0 Å². The molecule has 4 heterocycles. The third-order valence-corrected chi connectivity index (χ3v) is 8.69. The molecule has 0 bridgehead atoms. The molecule has 5 atom stereocenters. The molecule has 3 saturated heterocycles. The number of hydrogen-bond acceptors (Lipinski definition) is 14. The Kier molecular flexibility index (Phi) is 13.8. The average molecular weight is 639 g/mol. The van der Waals surface area contributed by atoms with E-state index in [1.165, 1.54) is 0 Å². The van der Waals surface area contributed by atoms with Crippen molar-refractivity contribution in [2.45, 2.75) is 55.1 Å². The number of unbranched alkanes of at least 4 members (excludes halogenated alkanes) is 1. The Labute approximate surface area is 257 Å². The van der Waals surface area contributed by atoms with Gasteiger partial charge in [-0.25, -0.2) is 9.36 Å². The molecule has 0 aromatic carbocycles. The second kappa shape index (κ2) is 17.7. The van der Waals surface area contributed by atoms with Gasteiger partial charge < -0.3 is 46.1 Å². The second-order valence-electron chi connectivity index (χ2n) is 10.2. The predicted molar refractivity (Wildman–Crippen MR) is 161 cm³/mol. The number of aromatic nitrogens is 3. The number of nitrogens with two attached hydrogens (primary N) is 1. The highest BCUT2D eigenvalue weighted by atomic mass is 32.2. The number of amides is 3. The molecule has 0 saturated carbocycles. The van der Waals surface area contributed by atoms with Crippen LogP contribution in [0.15, 0.2) is 0 Å². The Morgan fingerprint density at radius 1 is 1.19 bits per heavy atom. The standard InChI is InChI=1S/C24H39BN9O7PS/c25-18-12-34(11-15(41-18)13-40-42-37)22-31-21(32-24(33-22)39-10-9-38-8-5-26)28-7-6-27-19(35)4-2-1-3-17-20-16(14-43-17)29-23(36)30-20/h15-18,20H,1-14,26H2,(H,27,35)(H2,29,30,36)(H,28,31,32,33). The molecule has 16 nitrogen and oxygen atoms in total. The highest BCUT2D eigenvalue weighted by Gasteiger charge is 2.42. The monoisotopic (exact) mass is 639 g/mol. The van der Waals surface area contributed by atoms with Crippen LogP contribution in [0.3, 0.4) is 0 Å². The first-order valence-electron chi connectivity index (χ1n) is 14.4. The minimum Gasteiger partial charge on any atom is -0.461 e. The summed E-state index contributed by atoms with van der Waals surface area (Å²) in [5, 5.41) is 12.4. The Bertz CT molecular complexity index is 1070. The van der Waals surface area contributed by atoms with E-state index in [2.05, 4.69) is 36.2 Å². The van der Waals surface area contributed by atoms with E-state index >= 15 is 0 Å². The van der Waals surface area contributed by atoms with E-state index in [9.17, 15) is 14.2 Å². The van der Waals surface area contributed by atoms with E-state index in [4.69, 9.17) is 32.3 Å². The van der Waals surface area contributed by atoms with Gasteiger partial charge in [-0.1, -0.05) is 6.42 Å². The highest BCUT2D eigenvalue weighted by molar-refractivity contribution is 8.00. The fourth-order valence-corrected chi connectivity index (χ4v) is 6.76. The molecule has 6 N–H and O–H groups in total. The maximum atomic E-state index is 12.4. The van der Waals surface area contributed by atoms with Crippen LogP contribution in [-0.4, -0.2) is 129 Å². The van der Waals surface area contributed by atoms with E-state index < -0.39 is 20.8 Å².